The van der Waals surface area contributed by atoms with E-state index in [0.29, 0.717) is 42.0 Å². The Kier molecular flexibility index (Phi) is 7.48. The number of hydrogen-bond acceptors (Lipinski definition) is 6. The second kappa shape index (κ2) is 9.82. The van der Waals surface area contributed by atoms with Crippen LogP contribution in [0.1, 0.15) is 35.9 Å². The third-order valence-electron chi connectivity index (χ3n) is 4.05. The summed E-state index contributed by atoms with van der Waals surface area (Å²) >= 11 is 0. The molecule has 0 fully saturated rings. The molecule has 0 aliphatic rings. The van der Waals surface area contributed by atoms with Crippen molar-refractivity contribution >= 4 is 5.96 Å². The van der Waals surface area contributed by atoms with Crippen LogP contribution in [-0.4, -0.2) is 43.4 Å². The number of aromatic nitrogens is 1. The van der Waals surface area contributed by atoms with E-state index in [4.69, 9.17) is 13.9 Å². The second-order valence-corrected chi connectivity index (χ2v) is 5.95. The highest BCUT2D eigenvalue weighted by atomic mass is 16.5. The molecular weight excluding hydrogens is 348 g/mol. The number of aliphatic imine (C=N–C) groups is 1. The average Bonchev–Trinajstić information content (AvgIpc) is 3.00. The molecule has 0 bridgehead atoms. The minimum absolute atomic E-state index is 0.249. The minimum Gasteiger partial charge on any atom is -0.497 e. The summed E-state index contributed by atoms with van der Waals surface area (Å²) in [7, 11) is 3.15. The number of aryl methyl sites for hydroxylation is 2. The Hall–Kier alpha value is -2.74. The predicted octanol–water partition coefficient (Wildman–Crippen LogP) is 2.10. The number of nitrogens with one attached hydrogen (secondary N) is 2. The van der Waals surface area contributed by atoms with E-state index in [1.54, 1.807) is 32.4 Å². The zero-order valence-corrected chi connectivity index (χ0v) is 16.5. The highest BCUT2D eigenvalue weighted by molar-refractivity contribution is 5.79. The van der Waals surface area contributed by atoms with Crippen LogP contribution in [-0.2, 0) is 6.54 Å². The van der Waals surface area contributed by atoms with Gasteiger partial charge < -0.3 is 29.6 Å². The van der Waals surface area contributed by atoms with E-state index in [1.807, 2.05) is 20.8 Å². The number of rotatable bonds is 8. The first-order valence-corrected chi connectivity index (χ1v) is 8.83. The van der Waals surface area contributed by atoms with Gasteiger partial charge in [0.25, 0.3) is 0 Å². The molecule has 148 valence electrons. The topological polar surface area (TPSA) is 101 Å². The van der Waals surface area contributed by atoms with Gasteiger partial charge in [-0.2, -0.15) is 0 Å². The largest absolute Gasteiger partial charge is 0.497 e. The van der Waals surface area contributed by atoms with Gasteiger partial charge in [0.2, 0.25) is 5.89 Å². The predicted molar refractivity (Wildman–Crippen MR) is 103 cm³/mol. The van der Waals surface area contributed by atoms with Crippen LogP contribution in [0.3, 0.4) is 0 Å². The van der Waals surface area contributed by atoms with Gasteiger partial charge in [0.1, 0.15) is 23.8 Å². The van der Waals surface area contributed by atoms with Gasteiger partial charge in [0.05, 0.1) is 26.0 Å². The maximum atomic E-state index is 10.6. The van der Waals surface area contributed by atoms with Crippen LogP contribution < -0.4 is 20.1 Å². The lowest BCUT2D eigenvalue weighted by Gasteiger charge is -2.18. The lowest BCUT2D eigenvalue weighted by molar-refractivity contribution is 0.176. The van der Waals surface area contributed by atoms with Gasteiger partial charge in [-0.05, 0) is 39.0 Å². The fourth-order valence-corrected chi connectivity index (χ4v) is 2.50. The second-order valence-electron chi connectivity index (χ2n) is 5.95. The summed E-state index contributed by atoms with van der Waals surface area (Å²) in [6, 6.07) is 5.31. The normalized spacial score (nSPS) is 12.6. The molecule has 1 unspecified atom stereocenters. The zero-order chi connectivity index (χ0) is 19.8. The summed E-state index contributed by atoms with van der Waals surface area (Å²) in [5.41, 5.74) is 1.50. The van der Waals surface area contributed by atoms with Crippen molar-refractivity contribution in [2.45, 2.75) is 33.4 Å². The van der Waals surface area contributed by atoms with Gasteiger partial charge in [-0.15, -0.1) is 0 Å². The number of methoxy groups -OCH3 is 2. The van der Waals surface area contributed by atoms with Crippen LogP contribution in [0.2, 0.25) is 0 Å². The van der Waals surface area contributed by atoms with Crippen LogP contribution in [0.4, 0.5) is 0 Å². The number of aliphatic hydroxyl groups excluding tert-OH is 1. The van der Waals surface area contributed by atoms with Gasteiger partial charge >= 0.3 is 0 Å². The number of guanidine groups is 1. The summed E-state index contributed by atoms with van der Waals surface area (Å²) in [4.78, 5) is 8.77. The Bertz CT molecular complexity index is 754. The van der Waals surface area contributed by atoms with E-state index < -0.39 is 6.10 Å². The molecule has 27 heavy (non-hydrogen) atoms. The Labute approximate surface area is 159 Å². The molecule has 8 heteroatoms. The van der Waals surface area contributed by atoms with Crippen LogP contribution >= 0.6 is 0 Å². The Morgan fingerprint density at radius 1 is 1.26 bits per heavy atom. The van der Waals surface area contributed by atoms with E-state index >= 15 is 0 Å². The molecule has 0 spiro atoms. The molecule has 0 saturated carbocycles. The zero-order valence-electron chi connectivity index (χ0n) is 16.5. The smallest absolute Gasteiger partial charge is 0.216 e. The summed E-state index contributed by atoms with van der Waals surface area (Å²) in [6.07, 6.45) is -0.801. The molecule has 0 aliphatic carbocycles. The van der Waals surface area contributed by atoms with Crippen molar-refractivity contribution in [3.05, 3.63) is 41.1 Å². The molecule has 0 radical (unpaired) electrons. The van der Waals surface area contributed by atoms with Crippen LogP contribution in [0, 0.1) is 13.8 Å². The van der Waals surface area contributed by atoms with Gasteiger partial charge in [-0.3, -0.25) is 0 Å². The van der Waals surface area contributed by atoms with Crippen molar-refractivity contribution in [2.75, 3.05) is 27.3 Å². The lowest BCUT2D eigenvalue weighted by Crippen LogP contribution is -2.39. The molecule has 1 heterocycles. The van der Waals surface area contributed by atoms with E-state index in [1.165, 1.54) is 0 Å². The van der Waals surface area contributed by atoms with Crippen LogP contribution in [0.25, 0.3) is 0 Å². The van der Waals surface area contributed by atoms with Crippen molar-refractivity contribution < 1.29 is 19.0 Å². The molecule has 3 N–H and O–H groups in total. The standard InChI is InChI=1S/C19H28N4O4/c1-6-20-19(22-11-18-23-12(2)13(3)27-18)21-10-16(24)15-9-14(25-4)7-8-17(15)26-5/h7-9,16,24H,6,10-11H2,1-5H3,(H2,20,21,22). The Morgan fingerprint density at radius 2 is 2.04 bits per heavy atom. The van der Waals surface area contributed by atoms with E-state index in [2.05, 4.69) is 20.6 Å². The van der Waals surface area contributed by atoms with Crippen LogP contribution in [0.5, 0.6) is 11.5 Å². The number of aliphatic hydroxyl groups is 1. The molecule has 1 atom stereocenters. The monoisotopic (exact) mass is 376 g/mol. The average molecular weight is 376 g/mol. The molecule has 1 aromatic heterocycles. The van der Waals surface area contributed by atoms with E-state index in [0.717, 1.165) is 11.5 Å². The Balaban J connectivity index is 2.05. The van der Waals surface area contributed by atoms with E-state index in [9.17, 15) is 5.11 Å². The number of oxazole rings is 1. The van der Waals surface area contributed by atoms with Gasteiger partial charge in [0, 0.05) is 18.7 Å². The molecule has 8 nitrogen and oxygen atoms in total. The lowest BCUT2D eigenvalue weighted by atomic mass is 10.1. The summed E-state index contributed by atoms with van der Waals surface area (Å²) in [5, 5.41) is 16.8. The van der Waals surface area contributed by atoms with Crippen molar-refractivity contribution in [2.24, 2.45) is 4.99 Å². The molecule has 0 aliphatic heterocycles. The first-order chi connectivity index (χ1) is 13.0. The first kappa shape index (κ1) is 20.6. The van der Waals surface area contributed by atoms with Crippen molar-refractivity contribution in [3.8, 4) is 11.5 Å². The van der Waals surface area contributed by atoms with Gasteiger partial charge in [0.15, 0.2) is 5.96 Å². The maximum Gasteiger partial charge on any atom is 0.216 e. The fourth-order valence-electron chi connectivity index (χ4n) is 2.50. The van der Waals surface area contributed by atoms with E-state index in [-0.39, 0.29) is 6.54 Å². The quantitative estimate of drug-likeness (QED) is 0.479. The first-order valence-electron chi connectivity index (χ1n) is 8.83. The summed E-state index contributed by atoms with van der Waals surface area (Å²) in [5.74, 6) is 3.15. The SMILES string of the molecule is CCNC(=NCc1nc(C)c(C)o1)NCC(O)c1cc(OC)ccc1OC. The molecule has 1 aromatic carbocycles. The van der Waals surface area contributed by atoms with Crippen molar-refractivity contribution in [3.63, 3.8) is 0 Å². The van der Waals surface area contributed by atoms with Gasteiger partial charge in [-0.25, -0.2) is 9.98 Å². The molecular formula is C19H28N4O4. The fraction of sp³-hybridized carbons (Fsp3) is 0.474. The van der Waals surface area contributed by atoms with Crippen molar-refractivity contribution in [1.29, 1.82) is 0 Å². The molecule has 0 amide bonds. The third-order valence-corrected chi connectivity index (χ3v) is 4.05. The molecule has 0 saturated heterocycles. The summed E-state index contributed by atoms with van der Waals surface area (Å²) < 4.78 is 16.1. The number of benzene rings is 1. The Morgan fingerprint density at radius 3 is 2.63 bits per heavy atom. The summed E-state index contributed by atoms with van der Waals surface area (Å²) in [6.45, 7) is 6.98. The van der Waals surface area contributed by atoms with Gasteiger partial charge in [-0.1, -0.05) is 0 Å². The highest BCUT2D eigenvalue weighted by Crippen LogP contribution is 2.29. The third kappa shape index (κ3) is 5.62. The number of nitrogens with zero attached hydrogens (tertiary/aromatic N) is 2. The van der Waals surface area contributed by atoms with Crippen LogP contribution in [0.15, 0.2) is 27.6 Å². The van der Waals surface area contributed by atoms with Crippen molar-refractivity contribution in [1.82, 2.24) is 15.6 Å². The minimum atomic E-state index is -0.801. The molecule has 2 aromatic rings. The number of hydrogen-bond donors (Lipinski definition) is 3. The highest BCUT2D eigenvalue weighted by Gasteiger charge is 2.15. The maximum absolute atomic E-state index is 10.6. The number of ether oxygens (including phenoxy) is 2. The molecule has 2 rings (SSSR count).